The van der Waals surface area contributed by atoms with Crippen LogP contribution in [-0.4, -0.2) is 6.54 Å². The van der Waals surface area contributed by atoms with Crippen LogP contribution in [0.4, 0.5) is 0 Å². The SMILES string of the molecule is CCCNC(c1ccc(Br)c(Cl)c1)c1ccco1. The van der Waals surface area contributed by atoms with Gasteiger partial charge in [-0.05, 0) is 58.7 Å². The van der Waals surface area contributed by atoms with Crippen LogP contribution in [0.5, 0.6) is 0 Å². The topological polar surface area (TPSA) is 25.2 Å². The van der Waals surface area contributed by atoms with Crippen molar-refractivity contribution in [1.29, 1.82) is 0 Å². The molecule has 0 fully saturated rings. The molecule has 2 rings (SSSR count). The van der Waals surface area contributed by atoms with Crippen molar-refractivity contribution in [2.75, 3.05) is 6.54 Å². The normalized spacial score (nSPS) is 12.6. The van der Waals surface area contributed by atoms with Gasteiger partial charge in [-0.15, -0.1) is 0 Å². The van der Waals surface area contributed by atoms with E-state index in [1.54, 1.807) is 6.26 Å². The van der Waals surface area contributed by atoms with Gasteiger partial charge in [0.1, 0.15) is 5.76 Å². The molecule has 0 aliphatic rings. The van der Waals surface area contributed by atoms with E-state index in [2.05, 4.69) is 28.2 Å². The van der Waals surface area contributed by atoms with Gasteiger partial charge in [-0.25, -0.2) is 0 Å². The Morgan fingerprint density at radius 1 is 1.39 bits per heavy atom. The Morgan fingerprint density at radius 3 is 2.83 bits per heavy atom. The van der Waals surface area contributed by atoms with E-state index in [0.717, 1.165) is 28.8 Å². The highest BCUT2D eigenvalue weighted by molar-refractivity contribution is 9.10. The summed E-state index contributed by atoms with van der Waals surface area (Å²) < 4.78 is 6.40. The molecule has 2 aromatic rings. The average Bonchev–Trinajstić information content (AvgIpc) is 2.88. The summed E-state index contributed by atoms with van der Waals surface area (Å²) in [7, 11) is 0. The zero-order chi connectivity index (χ0) is 13.0. The molecule has 0 saturated carbocycles. The maximum absolute atomic E-state index is 6.15. The second kappa shape index (κ2) is 6.41. The zero-order valence-corrected chi connectivity index (χ0v) is 12.5. The van der Waals surface area contributed by atoms with Crippen molar-refractivity contribution in [3.05, 3.63) is 57.4 Å². The van der Waals surface area contributed by atoms with Gasteiger partial charge in [0, 0.05) is 4.47 Å². The van der Waals surface area contributed by atoms with E-state index < -0.39 is 0 Å². The van der Waals surface area contributed by atoms with Crippen LogP contribution in [0.3, 0.4) is 0 Å². The van der Waals surface area contributed by atoms with Crippen molar-refractivity contribution >= 4 is 27.5 Å². The van der Waals surface area contributed by atoms with Gasteiger partial charge in [0.15, 0.2) is 0 Å². The first-order valence-electron chi connectivity index (χ1n) is 5.94. The second-order valence-electron chi connectivity index (χ2n) is 4.08. The Kier molecular flexibility index (Phi) is 4.87. The number of rotatable bonds is 5. The van der Waals surface area contributed by atoms with E-state index in [1.807, 2.05) is 30.3 Å². The quantitative estimate of drug-likeness (QED) is 0.854. The molecule has 0 bridgehead atoms. The number of hydrogen-bond donors (Lipinski definition) is 1. The molecule has 1 aromatic heterocycles. The van der Waals surface area contributed by atoms with Crippen LogP contribution in [0.15, 0.2) is 45.5 Å². The summed E-state index contributed by atoms with van der Waals surface area (Å²) >= 11 is 9.55. The highest BCUT2D eigenvalue weighted by Gasteiger charge is 2.16. The van der Waals surface area contributed by atoms with E-state index >= 15 is 0 Å². The first-order chi connectivity index (χ1) is 8.72. The summed E-state index contributed by atoms with van der Waals surface area (Å²) in [5.74, 6) is 0.904. The Morgan fingerprint density at radius 2 is 2.22 bits per heavy atom. The lowest BCUT2D eigenvalue weighted by Crippen LogP contribution is -2.22. The summed E-state index contributed by atoms with van der Waals surface area (Å²) in [5, 5.41) is 4.18. The van der Waals surface area contributed by atoms with Crippen molar-refractivity contribution in [3.8, 4) is 0 Å². The van der Waals surface area contributed by atoms with Crippen molar-refractivity contribution in [3.63, 3.8) is 0 Å². The van der Waals surface area contributed by atoms with Crippen molar-refractivity contribution < 1.29 is 4.42 Å². The van der Waals surface area contributed by atoms with Crippen molar-refractivity contribution in [2.45, 2.75) is 19.4 Å². The van der Waals surface area contributed by atoms with Crippen molar-refractivity contribution in [1.82, 2.24) is 5.32 Å². The minimum atomic E-state index is 0.0468. The number of halogens is 2. The molecule has 1 N–H and O–H groups in total. The standard InChI is InChI=1S/C14H15BrClNO/c1-2-7-17-14(13-4-3-8-18-13)10-5-6-11(15)12(16)9-10/h3-6,8-9,14,17H,2,7H2,1H3. The second-order valence-corrected chi connectivity index (χ2v) is 5.34. The van der Waals surface area contributed by atoms with Gasteiger partial charge in [0.2, 0.25) is 0 Å². The third-order valence-electron chi connectivity index (χ3n) is 2.70. The third kappa shape index (κ3) is 3.16. The molecule has 0 aliphatic heterocycles. The number of furan rings is 1. The first kappa shape index (κ1) is 13.7. The molecule has 2 nitrogen and oxygen atoms in total. The largest absolute Gasteiger partial charge is 0.467 e. The highest BCUT2D eigenvalue weighted by Crippen LogP contribution is 2.29. The van der Waals surface area contributed by atoms with E-state index in [-0.39, 0.29) is 6.04 Å². The molecule has 4 heteroatoms. The molecular formula is C14H15BrClNO. The van der Waals surface area contributed by atoms with Crippen LogP contribution < -0.4 is 5.32 Å². The molecule has 0 spiro atoms. The Bertz CT molecular complexity index is 499. The zero-order valence-electron chi connectivity index (χ0n) is 10.1. The summed E-state index contributed by atoms with van der Waals surface area (Å²) in [6.07, 6.45) is 2.76. The van der Waals surface area contributed by atoms with E-state index in [0.29, 0.717) is 5.02 Å². The number of nitrogens with one attached hydrogen (secondary N) is 1. The van der Waals surface area contributed by atoms with Crippen LogP contribution in [0.1, 0.15) is 30.7 Å². The van der Waals surface area contributed by atoms with Gasteiger partial charge in [-0.2, -0.15) is 0 Å². The lowest BCUT2D eigenvalue weighted by atomic mass is 10.0. The average molecular weight is 329 g/mol. The van der Waals surface area contributed by atoms with Crippen LogP contribution in [0, 0.1) is 0 Å². The van der Waals surface area contributed by atoms with Gasteiger partial charge >= 0.3 is 0 Å². The third-order valence-corrected chi connectivity index (χ3v) is 3.94. The molecule has 1 atom stereocenters. The Labute approximate surface area is 120 Å². The fourth-order valence-electron chi connectivity index (χ4n) is 1.82. The van der Waals surface area contributed by atoms with Gasteiger partial charge in [-0.3, -0.25) is 0 Å². The van der Waals surface area contributed by atoms with Crippen LogP contribution in [0.2, 0.25) is 5.02 Å². The molecular weight excluding hydrogens is 314 g/mol. The van der Waals surface area contributed by atoms with Crippen LogP contribution >= 0.6 is 27.5 Å². The molecule has 0 radical (unpaired) electrons. The molecule has 0 amide bonds. The molecule has 0 saturated heterocycles. The highest BCUT2D eigenvalue weighted by atomic mass is 79.9. The van der Waals surface area contributed by atoms with Crippen LogP contribution in [0.25, 0.3) is 0 Å². The summed E-state index contributed by atoms with van der Waals surface area (Å²) in [6, 6.07) is 9.89. The molecule has 96 valence electrons. The molecule has 1 heterocycles. The lowest BCUT2D eigenvalue weighted by molar-refractivity contribution is 0.446. The number of benzene rings is 1. The summed E-state index contributed by atoms with van der Waals surface area (Å²) in [4.78, 5) is 0. The predicted octanol–water partition coefficient (Wildman–Crippen LogP) is 4.78. The van der Waals surface area contributed by atoms with Crippen LogP contribution in [-0.2, 0) is 0 Å². The molecule has 18 heavy (non-hydrogen) atoms. The maximum Gasteiger partial charge on any atom is 0.125 e. The summed E-state index contributed by atoms with van der Waals surface area (Å²) in [5.41, 5.74) is 1.10. The fraction of sp³-hybridized carbons (Fsp3) is 0.286. The van der Waals surface area contributed by atoms with Gasteiger partial charge in [0.05, 0.1) is 17.3 Å². The van der Waals surface area contributed by atoms with Gasteiger partial charge in [-0.1, -0.05) is 24.6 Å². The minimum Gasteiger partial charge on any atom is -0.467 e. The Hall–Kier alpha value is -0.770. The van der Waals surface area contributed by atoms with E-state index in [4.69, 9.17) is 16.0 Å². The molecule has 1 unspecified atom stereocenters. The first-order valence-corrected chi connectivity index (χ1v) is 7.11. The van der Waals surface area contributed by atoms with Gasteiger partial charge < -0.3 is 9.73 Å². The maximum atomic E-state index is 6.15. The fourth-order valence-corrected chi connectivity index (χ4v) is 2.25. The van der Waals surface area contributed by atoms with Crippen molar-refractivity contribution in [2.24, 2.45) is 0 Å². The smallest absolute Gasteiger partial charge is 0.125 e. The predicted molar refractivity (Wildman–Crippen MR) is 78.0 cm³/mol. The minimum absolute atomic E-state index is 0.0468. The lowest BCUT2D eigenvalue weighted by Gasteiger charge is -2.17. The van der Waals surface area contributed by atoms with E-state index in [9.17, 15) is 0 Å². The monoisotopic (exact) mass is 327 g/mol. The molecule has 0 aliphatic carbocycles. The number of hydrogen-bond acceptors (Lipinski definition) is 2. The van der Waals surface area contributed by atoms with E-state index in [1.165, 1.54) is 0 Å². The summed E-state index contributed by atoms with van der Waals surface area (Å²) in [6.45, 7) is 3.07. The van der Waals surface area contributed by atoms with Gasteiger partial charge in [0.25, 0.3) is 0 Å². The molecule has 1 aromatic carbocycles. The Balaban J connectivity index is 2.30.